The van der Waals surface area contributed by atoms with Crippen LogP contribution in [0.15, 0.2) is 72.9 Å². The molecule has 5 amide bonds. The van der Waals surface area contributed by atoms with E-state index in [1.54, 1.807) is 35.2 Å². The summed E-state index contributed by atoms with van der Waals surface area (Å²) in [6.07, 6.45) is 2.45. The van der Waals surface area contributed by atoms with Crippen LogP contribution in [0, 0.1) is 0 Å². The summed E-state index contributed by atoms with van der Waals surface area (Å²) in [6.45, 7) is 0.818. The number of rotatable bonds is 5. The zero-order chi connectivity index (χ0) is 25.5. The van der Waals surface area contributed by atoms with E-state index in [1.807, 2.05) is 54.6 Å². The number of hydrogen-bond acceptors (Lipinski definition) is 5. The molecule has 0 bridgehead atoms. The minimum atomic E-state index is -0.657. The molecule has 2 aliphatic heterocycles. The van der Waals surface area contributed by atoms with Gasteiger partial charge < -0.3 is 19.9 Å². The number of ether oxygens (including phenoxy) is 1. The first-order chi connectivity index (χ1) is 18.0. The SMILES string of the molecule is COc1cccc(-c2ncccc2NC(=O)N2CCN3C(=O)N([C@@H]4C[C@H]4c4ccccc4)C(=O)C3C2)c1. The highest BCUT2D eigenvalue weighted by Gasteiger charge is 2.56. The number of imide groups is 1. The molecule has 2 saturated heterocycles. The molecular weight excluding hydrogens is 470 g/mol. The normalized spacial score (nSPS) is 22.6. The van der Waals surface area contributed by atoms with Crippen molar-refractivity contribution in [2.24, 2.45) is 0 Å². The van der Waals surface area contributed by atoms with Crippen molar-refractivity contribution in [3.8, 4) is 17.0 Å². The van der Waals surface area contributed by atoms with Crippen molar-refractivity contribution in [2.75, 3.05) is 32.1 Å². The summed E-state index contributed by atoms with van der Waals surface area (Å²) >= 11 is 0. The molecule has 9 heteroatoms. The van der Waals surface area contributed by atoms with E-state index < -0.39 is 6.04 Å². The number of methoxy groups -OCH3 is 1. The first-order valence-electron chi connectivity index (χ1n) is 12.4. The van der Waals surface area contributed by atoms with Crippen LogP contribution in [-0.4, -0.2) is 76.5 Å². The lowest BCUT2D eigenvalue weighted by Crippen LogP contribution is -2.55. The van der Waals surface area contributed by atoms with Crippen LogP contribution >= 0.6 is 0 Å². The van der Waals surface area contributed by atoms with Gasteiger partial charge in [0.25, 0.3) is 5.91 Å². The molecule has 9 nitrogen and oxygen atoms in total. The van der Waals surface area contributed by atoms with Gasteiger partial charge in [-0.25, -0.2) is 9.59 Å². The predicted molar refractivity (Wildman–Crippen MR) is 137 cm³/mol. The van der Waals surface area contributed by atoms with Crippen LogP contribution in [0.1, 0.15) is 17.9 Å². The molecule has 1 aliphatic carbocycles. The van der Waals surface area contributed by atoms with Crippen LogP contribution in [0.4, 0.5) is 15.3 Å². The van der Waals surface area contributed by atoms with Gasteiger partial charge in [-0.1, -0.05) is 42.5 Å². The standard InChI is InChI=1S/C28H27N5O4/c1-37-20-10-5-9-19(15-20)25-22(11-6-12-29-25)30-27(35)31-13-14-32-24(17-31)26(34)33(28(32)36)23-16-21(23)18-7-3-2-4-8-18/h2-12,15,21,23-24H,13-14,16-17H2,1H3,(H,30,35)/t21-,23+,24?/m0/s1. The quantitative estimate of drug-likeness (QED) is 0.541. The Morgan fingerprint density at radius 1 is 1.03 bits per heavy atom. The molecular formula is C28H27N5O4. The van der Waals surface area contributed by atoms with E-state index in [1.165, 1.54) is 4.90 Å². The van der Waals surface area contributed by atoms with Crippen LogP contribution in [0.3, 0.4) is 0 Å². The van der Waals surface area contributed by atoms with E-state index in [-0.39, 0.29) is 36.5 Å². The molecule has 37 heavy (non-hydrogen) atoms. The van der Waals surface area contributed by atoms with Gasteiger partial charge in [-0.3, -0.25) is 14.7 Å². The third-order valence-electron chi connectivity index (χ3n) is 7.35. The molecule has 1 saturated carbocycles. The molecule has 3 heterocycles. The zero-order valence-electron chi connectivity index (χ0n) is 20.4. The first-order valence-corrected chi connectivity index (χ1v) is 12.4. The third kappa shape index (κ3) is 4.16. The highest BCUT2D eigenvalue weighted by atomic mass is 16.5. The van der Waals surface area contributed by atoms with Crippen LogP contribution in [0.25, 0.3) is 11.3 Å². The molecule has 2 aromatic carbocycles. The summed E-state index contributed by atoms with van der Waals surface area (Å²) in [6, 6.07) is 19.6. The Kier molecular flexibility index (Phi) is 5.75. The second-order valence-corrected chi connectivity index (χ2v) is 9.53. The summed E-state index contributed by atoms with van der Waals surface area (Å²) < 4.78 is 5.32. The number of hydrogen-bond donors (Lipinski definition) is 1. The lowest BCUT2D eigenvalue weighted by atomic mass is 10.1. The Bertz CT molecular complexity index is 1360. The Morgan fingerprint density at radius 3 is 2.68 bits per heavy atom. The maximum absolute atomic E-state index is 13.3. The smallest absolute Gasteiger partial charge is 0.327 e. The number of nitrogens with zero attached hydrogens (tertiary/aromatic N) is 4. The maximum Gasteiger partial charge on any atom is 0.327 e. The molecule has 3 fully saturated rings. The molecule has 3 aliphatic rings. The van der Waals surface area contributed by atoms with Crippen LogP contribution in [0.5, 0.6) is 5.75 Å². The Morgan fingerprint density at radius 2 is 1.86 bits per heavy atom. The molecule has 0 spiro atoms. The van der Waals surface area contributed by atoms with Gasteiger partial charge >= 0.3 is 12.1 Å². The van der Waals surface area contributed by atoms with Gasteiger partial charge in [0.05, 0.1) is 25.0 Å². The van der Waals surface area contributed by atoms with Gasteiger partial charge in [-0.05, 0) is 36.2 Å². The fourth-order valence-electron chi connectivity index (χ4n) is 5.33. The van der Waals surface area contributed by atoms with Crippen LogP contribution < -0.4 is 10.1 Å². The molecule has 1 unspecified atom stereocenters. The molecule has 3 atom stereocenters. The van der Waals surface area contributed by atoms with E-state index >= 15 is 0 Å². The zero-order valence-corrected chi connectivity index (χ0v) is 20.4. The van der Waals surface area contributed by atoms with Gasteiger partial charge in [0.1, 0.15) is 11.8 Å². The summed E-state index contributed by atoms with van der Waals surface area (Å²) in [5, 5.41) is 2.95. The van der Waals surface area contributed by atoms with E-state index in [2.05, 4.69) is 10.3 Å². The van der Waals surface area contributed by atoms with Crippen molar-refractivity contribution in [3.05, 3.63) is 78.5 Å². The number of carbonyl (C=O) groups excluding carboxylic acids is 3. The summed E-state index contributed by atoms with van der Waals surface area (Å²) in [7, 11) is 1.60. The van der Waals surface area contributed by atoms with Crippen molar-refractivity contribution in [2.45, 2.75) is 24.4 Å². The molecule has 6 rings (SSSR count). The summed E-state index contributed by atoms with van der Waals surface area (Å²) in [5.74, 6) is 0.649. The van der Waals surface area contributed by atoms with E-state index in [9.17, 15) is 14.4 Å². The molecule has 3 aromatic rings. The van der Waals surface area contributed by atoms with Crippen molar-refractivity contribution in [3.63, 3.8) is 0 Å². The average Bonchev–Trinajstić information content (AvgIpc) is 3.69. The minimum absolute atomic E-state index is 0.115. The van der Waals surface area contributed by atoms with Crippen molar-refractivity contribution in [1.29, 1.82) is 0 Å². The second kappa shape index (κ2) is 9.24. The monoisotopic (exact) mass is 497 g/mol. The number of carbonyl (C=O) groups is 3. The Hall–Kier alpha value is -4.40. The largest absolute Gasteiger partial charge is 0.497 e. The van der Waals surface area contributed by atoms with Gasteiger partial charge in [-0.2, -0.15) is 0 Å². The van der Waals surface area contributed by atoms with Crippen molar-refractivity contribution in [1.82, 2.24) is 19.7 Å². The van der Waals surface area contributed by atoms with Gasteiger partial charge in [-0.15, -0.1) is 0 Å². The maximum atomic E-state index is 13.3. The van der Waals surface area contributed by atoms with Gasteiger partial charge in [0.2, 0.25) is 0 Å². The van der Waals surface area contributed by atoms with E-state index in [0.717, 1.165) is 17.5 Å². The van der Waals surface area contributed by atoms with Crippen molar-refractivity contribution < 1.29 is 19.1 Å². The number of piperazine rings is 1. The summed E-state index contributed by atoms with van der Waals surface area (Å²) in [4.78, 5) is 48.8. The number of urea groups is 2. The summed E-state index contributed by atoms with van der Waals surface area (Å²) in [5.41, 5.74) is 3.13. The lowest BCUT2D eigenvalue weighted by Gasteiger charge is -2.35. The fraction of sp³-hybridized carbons (Fsp3) is 0.286. The topological polar surface area (TPSA) is 95.1 Å². The Labute approximate surface area is 214 Å². The Balaban J connectivity index is 1.15. The number of pyridine rings is 1. The van der Waals surface area contributed by atoms with E-state index in [4.69, 9.17) is 4.74 Å². The van der Waals surface area contributed by atoms with Crippen LogP contribution in [0.2, 0.25) is 0 Å². The lowest BCUT2D eigenvalue weighted by molar-refractivity contribution is -0.129. The molecule has 188 valence electrons. The number of fused-ring (bicyclic) bond motifs is 1. The third-order valence-corrected chi connectivity index (χ3v) is 7.35. The molecule has 1 N–H and O–H groups in total. The average molecular weight is 498 g/mol. The molecule has 0 radical (unpaired) electrons. The first kappa shape index (κ1) is 23.0. The van der Waals surface area contributed by atoms with Gasteiger partial charge in [0, 0.05) is 36.8 Å². The van der Waals surface area contributed by atoms with Crippen molar-refractivity contribution >= 4 is 23.7 Å². The number of amides is 5. The number of benzene rings is 2. The number of anilines is 1. The molecule has 1 aromatic heterocycles. The highest BCUT2D eigenvalue weighted by Crippen LogP contribution is 2.46. The minimum Gasteiger partial charge on any atom is -0.497 e. The highest BCUT2D eigenvalue weighted by molar-refractivity contribution is 6.06. The number of nitrogens with one attached hydrogen (secondary N) is 1. The second-order valence-electron chi connectivity index (χ2n) is 9.53. The van der Waals surface area contributed by atoms with Crippen LogP contribution in [-0.2, 0) is 4.79 Å². The predicted octanol–water partition coefficient (Wildman–Crippen LogP) is 3.79. The van der Waals surface area contributed by atoms with Gasteiger partial charge in [0.15, 0.2) is 0 Å². The van der Waals surface area contributed by atoms with E-state index in [0.29, 0.717) is 30.2 Å². The fourth-order valence-corrected chi connectivity index (χ4v) is 5.33. The number of aromatic nitrogens is 1.